The summed E-state index contributed by atoms with van der Waals surface area (Å²) in [5.41, 5.74) is 0.121. The second kappa shape index (κ2) is 7.29. The normalized spacial score (nSPS) is 13.3. The first kappa shape index (κ1) is 16.5. The zero-order valence-electron chi connectivity index (χ0n) is 10.6. The van der Waals surface area contributed by atoms with Crippen LogP contribution in [0.4, 0.5) is 4.39 Å². The van der Waals surface area contributed by atoms with E-state index in [-0.39, 0.29) is 18.8 Å². The van der Waals surface area contributed by atoms with Gasteiger partial charge >= 0.3 is 7.60 Å². The van der Waals surface area contributed by atoms with Crippen molar-refractivity contribution in [2.24, 2.45) is 0 Å². The van der Waals surface area contributed by atoms with E-state index in [9.17, 15) is 13.8 Å². The first-order chi connectivity index (χ1) is 8.94. The lowest BCUT2D eigenvalue weighted by Crippen LogP contribution is -2.19. The lowest BCUT2D eigenvalue weighted by Gasteiger charge is -2.19. The van der Waals surface area contributed by atoms with Crippen LogP contribution in [0.3, 0.4) is 0 Å². The van der Waals surface area contributed by atoms with Crippen LogP contribution < -0.4 is 0 Å². The van der Waals surface area contributed by atoms with E-state index >= 15 is 0 Å². The van der Waals surface area contributed by atoms with Crippen molar-refractivity contribution in [1.82, 2.24) is 0 Å². The lowest BCUT2D eigenvalue weighted by atomic mass is 10.1. The highest BCUT2D eigenvalue weighted by molar-refractivity contribution is 9.10. The van der Waals surface area contributed by atoms with Crippen molar-refractivity contribution in [2.75, 3.05) is 13.2 Å². The van der Waals surface area contributed by atoms with Gasteiger partial charge in [-0.15, -0.1) is 0 Å². The van der Waals surface area contributed by atoms with Gasteiger partial charge in [0.25, 0.3) is 5.91 Å². The third-order valence-electron chi connectivity index (χ3n) is 2.24. The Labute approximate surface area is 120 Å². The predicted molar refractivity (Wildman–Crippen MR) is 74.2 cm³/mol. The summed E-state index contributed by atoms with van der Waals surface area (Å²) in [7, 11) is -4.07. The van der Waals surface area contributed by atoms with Crippen molar-refractivity contribution < 1.29 is 22.8 Å². The number of alkyl halides is 1. The van der Waals surface area contributed by atoms with E-state index in [1.807, 2.05) is 0 Å². The Morgan fingerprint density at radius 3 is 2.16 bits per heavy atom. The highest BCUT2D eigenvalue weighted by atomic mass is 79.9. The Morgan fingerprint density at radius 1 is 1.26 bits per heavy atom. The van der Waals surface area contributed by atoms with Gasteiger partial charge in [0, 0.05) is 10.0 Å². The number of rotatable bonds is 7. The van der Waals surface area contributed by atoms with Crippen LogP contribution in [0.5, 0.6) is 0 Å². The molecule has 0 spiro atoms. The Morgan fingerprint density at radius 2 is 1.74 bits per heavy atom. The van der Waals surface area contributed by atoms with Crippen LogP contribution in [0, 0.1) is 0 Å². The molecule has 0 aliphatic heterocycles. The SMILES string of the molecule is CCOP(=O)(OCC)C(F)C(=O)c1ccc(Br)cc1. The summed E-state index contributed by atoms with van der Waals surface area (Å²) >= 11 is 3.21. The third kappa shape index (κ3) is 4.21. The van der Waals surface area contributed by atoms with Crippen LogP contribution in [0.2, 0.25) is 0 Å². The van der Waals surface area contributed by atoms with E-state index in [0.717, 1.165) is 4.47 Å². The van der Waals surface area contributed by atoms with Gasteiger partial charge in [-0.1, -0.05) is 28.1 Å². The van der Waals surface area contributed by atoms with Gasteiger partial charge in [0.1, 0.15) is 0 Å². The van der Waals surface area contributed by atoms with E-state index in [2.05, 4.69) is 15.9 Å². The van der Waals surface area contributed by atoms with Gasteiger partial charge in [-0.25, -0.2) is 4.39 Å². The molecule has 1 aromatic rings. The number of Topliss-reactive ketones (excluding diaryl/α,β-unsaturated/α-hetero) is 1. The number of halogens is 2. The largest absolute Gasteiger partial charge is 0.372 e. The summed E-state index contributed by atoms with van der Waals surface area (Å²) in [5, 5.41) is 0. The molecule has 1 unspecified atom stereocenters. The molecule has 0 saturated heterocycles. The smallest absolute Gasteiger partial charge is 0.307 e. The van der Waals surface area contributed by atoms with Crippen molar-refractivity contribution in [3.63, 3.8) is 0 Å². The van der Waals surface area contributed by atoms with Crippen LogP contribution in [0.1, 0.15) is 24.2 Å². The molecule has 0 aliphatic rings. The molecule has 19 heavy (non-hydrogen) atoms. The molecule has 1 atom stereocenters. The first-order valence-corrected chi connectivity index (χ1v) is 8.17. The second-order valence-electron chi connectivity index (χ2n) is 3.58. The molecule has 4 nitrogen and oxygen atoms in total. The molecular formula is C12H15BrFO4P. The molecule has 0 aliphatic carbocycles. The summed E-state index contributed by atoms with van der Waals surface area (Å²) in [6.07, 6.45) is 0. The summed E-state index contributed by atoms with van der Waals surface area (Å²) in [5.74, 6) is -3.22. The van der Waals surface area contributed by atoms with Gasteiger partial charge in [-0.2, -0.15) is 0 Å². The molecule has 0 amide bonds. The molecule has 0 fully saturated rings. The Kier molecular flexibility index (Phi) is 6.33. The van der Waals surface area contributed by atoms with Gasteiger partial charge in [0.2, 0.25) is 5.78 Å². The number of benzene rings is 1. The highest BCUT2D eigenvalue weighted by Crippen LogP contribution is 2.54. The number of hydrogen-bond acceptors (Lipinski definition) is 4. The average Bonchev–Trinajstić information content (AvgIpc) is 2.38. The van der Waals surface area contributed by atoms with Crippen molar-refractivity contribution in [2.45, 2.75) is 19.8 Å². The fourth-order valence-corrected chi connectivity index (χ4v) is 3.18. The standard InChI is InChI=1S/C12H15BrFO4P/c1-3-17-19(16,18-4-2)12(14)11(15)9-5-7-10(13)8-6-9/h5-8,12H,3-4H2,1-2H3. The van der Waals surface area contributed by atoms with E-state index in [4.69, 9.17) is 9.05 Å². The molecule has 0 aromatic heterocycles. The minimum atomic E-state index is -4.07. The maximum absolute atomic E-state index is 14.1. The minimum Gasteiger partial charge on any atom is -0.307 e. The molecule has 1 aromatic carbocycles. The molecule has 0 saturated carbocycles. The zero-order valence-corrected chi connectivity index (χ0v) is 13.1. The summed E-state index contributed by atoms with van der Waals surface area (Å²) in [6, 6.07) is 6.10. The monoisotopic (exact) mass is 352 g/mol. The number of carbonyl (C=O) groups excluding carboxylic acids is 1. The number of ketones is 1. The van der Waals surface area contributed by atoms with Crippen LogP contribution >= 0.6 is 23.5 Å². The molecule has 0 radical (unpaired) electrons. The molecule has 0 N–H and O–H groups in total. The Bertz CT molecular complexity index is 467. The topological polar surface area (TPSA) is 52.6 Å². The number of hydrogen-bond donors (Lipinski definition) is 0. The number of carbonyl (C=O) groups is 1. The molecule has 1 rings (SSSR count). The molecule has 0 heterocycles. The van der Waals surface area contributed by atoms with Gasteiger partial charge < -0.3 is 9.05 Å². The third-order valence-corrected chi connectivity index (χ3v) is 4.80. The van der Waals surface area contributed by atoms with E-state index < -0.39 is 19.3 Å². The van der Waals surface area contributed by atoms with Gasteiger partial charge in [-0.05, 0) is 26.0 Å². The summed E-state index contributed by atoms with van der Waals surface area (Å²) < 4.78 is 36.7. The zero-order chi connectivity index (χ0) is 14.5. The van der Waals surface area contributed by atoms with Gasteiger partial charge in [-0.3, -0.25) is 9.36 Å². The van der Waals surface area contributed by atoms with Crippen LogP contribution in [-0.2, 0) is 13.6 Å². The highest BCUT2D eigenvalue weighted by Gasteiger charge is 2.41. The maximum atomic E-state index is 14.1. The maximum Gasteiger partial charge on any atom is 0.372 e. The predicted octanol–water partition coefficient (Wildman–Crippen LogP) is 4.19. The van der Waals surface area contributed by atoms with E-state index in [1.54, 1.807) is 26.0 Å². The van der Waals surface area contributed by atoms with Gasteiger partial charge in [0.15, 0.2) is 0 Å². The second-order valence-corrected chi connectivity index (χ2v) is 6.55. The van der Waals surface area contributed by atoms with Crippen molar-refractivity contribution in [3.05, 3.63) is 34.3 Å². The first-order valence-electron chi connectivity index (χ1n) is 5.77. The Balaban J connectivity index is 2.96. The molecule has 0 bridgehead atoms. The fraction of sp³-hybridized carbons (Fsp3) is 0.417. The van der Waals surface area contributed by atoms with E-state index in [0.29, 0.717) is 0 Å². The molecule has 106 valence electrons. The van der Waals surface area contributed by atoms with Gasteiger partial charge in [0.05, 0.1) is 13.2 Å². The van der Waals surface area contributed by atoms with Crippen molar-refractivity contribution >= 4 is 29.3 Å². The van der Waals surface area contributed by atoms with Crippen molar-refractivity contribution in [3.8, 4) is 0 Å². The average molecular weight is 353 g/mol. The van der Waals surface area contributed by atoms with Crippen molar-refractivity contribution in [1.29, 1.82) is 0 Å². The molecule has 7 heteroatoms. The van der Waals surface area contributed by atoms with Crippen LogP contribution in [-0.4, -0.2) is 24.9 Å². The molecular weight excluding hydrogens is 338 g/mol. The van der Waals surface area contributed by atoms with Crippen LogP contribution in [0.25, 0.3) is 0 Å². The summed E-state index contributed by atoms with van der Waals surface area (Å²) in [4.78, 5) is 11.9. The fourth-order valence-electron chi connectivity index (χ4n) is 1.42. The quantitative estimate of drug-likeness (QED) is 0.545. The van der Waals surface area contributed by atoms with E-state index in [1.165, 1.54) is 12.1 Å². The lowest BCUT2D eigenvalue weighted by molar-refractivity contribution is 0.0895. The minimum absolute atomic E-state index is 0.00527. The summed E-state index contributed by atoms with van der Waals surface area (Å²) in [6.45, 7) is 3.13. The Hall–Kier alpha value is -0.550. The van der Waals surface area contributed by atoms with Crippen LogP contribution in [0.15, 0.2) is 28.7 Å².